The van der Waals surface area contributed by atoms with Gasteiger partial charge in [-0.25, -0.2) is 4.39 Å². The summed E-state index contributed by atoms with van der Waals surface area (Å²) in [6.07, 6.45) is -3.97. The number of benzene rings is 2. The van der Waals surface area contributed by atoms with Gasteiger partial charge in [0.2, 0.25) is 0 Å². The quantitative estimate of drug-likeness (QED) is 0.707. The van der Waals surface area contributed by atoms with E-state index in [2.05, 4.69) is 21.2 Å². The Morgan fingerprint density at radius 3 is 2.40 bits per heavy atom. The lowest BCUT2D eigenvalue weighted by Gasteiger charge is -2.10. The molecule has 25 heavy (non-hydrogen) atoms. The standard InChI is InChI=1S/C17H14BrF4NO2/c18-14-9-13(19)5-6-15(14)25-10-16(24)23-8-7-11-1-3-12(4-2-11)17(20,21)22/h1-6,9H,7-8,10H2,(H,23,24). The number of alkyl halides is 3. The summed E-state index contributed by atoms with van der Waals surface area (Å²) in [5.41, 5.74) is -0.0333. The van der Waals surface area contributed by atoms with Crippen LogP contribution in [0, 0.1) is 5.82 Å². The molecule has 0 aromatic heterocycles. The van der Waals surface area contributed by atoms with Crippen molar-refractivity contribution in [3.8, 4) is 5.75 Å². The van der Waals surface area contributed by atoms with Gasteiger partial charge in [-0.1, -0.05) is 12.1 Å². The van der Waals surface area contributed by atoms with Gasteiger partial charge < -0.3 is 10.1 Å². The van der Waals surface area contributed by atoms with Crippen LogP contribution < -0.4 is 10.1 Å². The zero-order chi connectivity index (χ0) is 18.4. The summed E-state index contributed by atoms with van der Waals surface area (Å²) in [5.74, 6) is -0.484. The van der Waals surface area contributed by atoms with Gasteiger partial charge in [-0.3, -0.25) is 4.79 Å². The summed E-state index contributed by atoms with van der Waals surface area (Å²) in [6.45, 7) is 0.00931. The topological polar surface area (TPSA) is 38.3 Å². The number of amides is 1. The van der Waals surface area contributed by atoms with Crippen LogP contribution in [0.1, 0.15) is 11.1 Å². The number of nitrogens with one attached hydrogen (secondary N) is 1. The number of hydrogen-bond acceptors (Lipinski definition) is 2. The molecule has 2 aromatic carbocycles. The van der Waals surface area contributed by atoms with E-state index in [0.717, 1.165) is 12.1 Å². The maximum Gasteiger partial charge on any atom is 0.416 e. The Bertz CT molecular complexity index is 732. The van der Waals surface area contributed by atoms with Crippen molar-refractivity contribution < 1.29 is 27.1 Å². The summed E-state index contributed by atoms with van der Waals surface area (Å²) in [7, 11) is 0. The third-order valence-corrected chi connectivity index (χ3v) is 3.89. The average Bonchev–Trinajstić information content (AvgIpc) is 2.53. The minimum atomic E-state index is -4.36. The van der Waals surface area contributed by atoms with Crippen LogP contribution in [0.25, 0.3) is 0 Å². The van der Waals surface area contributed by atoms with Gasteiger partial charge in [0.25, 0.3) is 5.91 Å². The number of ether oxygens (including phenoxy) is 1. The normalized spacial score (nSPS) is 11.2. The number of carbonyl (C=O) groups is 1. The minimum absolute atomic E-state index is 0.253. The number of carbonyl (C=O) groups excluding carboxylic acids is 1. The predicted octanol–water partition coefficient (Wildman–Crippen LogP) is 4.34. The second kappa shape index (κ2) is 8.33. The zero-order valence-electron chi connectivity index (χ0n) is 12.9. The van der Waals surface area contributed by atoms with E-state index in [4.69, 9.17) is 4.74 Å². The Hall–Kier alpha value is -2.09. The van der Waals surface area contributed by atoms with Crippen LogP contribution in [-0.4, -0.2) is 19.1 Å². The Morgan fingerprint density at radius 2 is 1.80 bits per heavy atom. The van der Waals surface area contributed by atoms with Crippen molar-refractivity contribution in [3.05, 3.63) is 63.9 Å². The van der Waals surface area contributed by atoms with E-state index in [9.17, 15) is 22.4 Å². The summed E-state index contributed by atoms with van der Waals surface area (Å²) >= 11 is 3.12. The van der Waals surface area contributed by atoms with Gasteiger partial charge in [-0.2, -0.15) is 13.2 Å². The second-order valence-corrected chi connectivity index (χ2v) is 6.01. The van der Waals surface area contributed by atoms with Gasteiger partial charge in [-0.15, -0.1) is 0 Å². The van der Waals surface area contributed by atoms with Crippen molar-refractivity contribution >= 4 is 21.8 Å². The first-order valence-corrected chi connectivity index (χ1v) is 8.05. The lowest BCUT2D eigenvalue weighted by molar-refractivity contribution is -0.137. The third kappa shape index (κ3) is 6.04. The SMILES string of the molecule is O=C(COc1ccc(F)cc1Br)NCCc1ccc(C(F)(F)F)cc1. The molecule has 134 valence electrons. The molecule has 1 N–H and O–H groups in total. The van der Waals surface area contributed by atoms with Crippen molar-refractivity contribution in [3.63, 3.8) is 0 Å². The molecular formula is C17H14BrF4NO2. The fourth-order valence-corrected chi connectivity index (χ4v) is 2.46. The minimum Gasteiger partial charge on any atom is -0.483 e. The van der Waals surface area contributed by atoms with Gasteiger partial charge in [0.15, 0.2) is 6.61 Å². The number of rotatable bonds is 6. The van der Waals surface area contributed by atoms with Crippen LogP contribution in [-0.2, 0) is 17.4 Å². The van der Waals surface area contributed by atoms with Gasteiger partial charge in [0.1, 0.15) is 11.6 Å². The highest BCUT2D eigenvalue weighted by molar-refractivity contribution is 9.10. The van der Waals surface area contributed by atoms with Crippen LogP contribution in [0.15, 0.2) is 46.9 Å². The van der Waals surface area contributed by atoms with Crippen LogP contribution in [0.3, 0.4) is 0 Å². The number of hydrogen-bond donors (Lipinski definition) is 1. The first-order valence-electron chi connectivity index (χ1n) is 7.26. The Kier molecular flexibility index (Phi) is 6.41. The van der Waals surface area contributed by atoms with Crippen molar-refractivity contribution in [1.82, 2.24) is 5.32 Å². The highest BCUT2D eigenvalue weighted by atomic mass is 79.9. The molecule has 0 saturated carbocycles. The molecular weight excluding hydrogens is 406 g/mol. The molecule has 0 spiro atoms. The molecule has 0 saturated heterocycles. The molecule has 0 aliphatic carbocycles. The van der Waals surface area contributed by atoms with Crippen molar-refractivity contribution in [2.75, 3.05) is 13.2 Å². The Morgan fingerprint density at radius 1 is 1.12 bits per heavy atom. The molecule has 0 aliphatic heterocycles. The summed E-state index contributed by atoms with van der Waals surface area (Å²) in [6, 6.07) is 8.59. The van der Waals surface area contributed by atoms with Crippen LogP contribution in [0.4, 0.5) is 17.6 Å². The molecule has 0 bridgehead atoms. The van der Waals surface area contributed by atoms with E-state index in [1.807, 2.05) is 0 Å². The van der Waals surface area contributed by atoms with Crippen LogP contribution in [0.2, 0.25) is 0 Å². The smallest absolute Gasteiger partial charge is 0.416 e. The van der Waals surface area contributed by atoms with E-state index in [-0.39, 0.29) is 19.1 Å². The summed E-state index contributed by atoms with van der Waals surface area (Å²) < 4.78 is 56.0. The van der Waals surface area contributed by atoms with E-state index in [0.29, 0.717) is 22.2 Å². The summed E-state index contributed by atoms with van der Waals surface area (Å²) in [4.78, 5) is 11.7. The molecule has 3 nitrogen and oxygen atoms in total. The van der Waals surface area contributed by atoms with Crippen molar-refractivity contribution in [2.45, 2.75) is 12.6 Å². The van der Waals surface area contributed by atoms with E-state index < -0.39 is 17.6 Å². The molecule has 0 radical (unpaired) electrons. The molecule has 2 rings (SSSR count). The highest BCUT2D eigenvalue weighted by Gasteiger charge is 2.29. The fourth-order valence-electron chi connectivity index (χ4n) is 1.99. The largest absolute Gasteiger partial charge is 0.483 e. The lowest BCUT2D eigenvalue weighted by Crippen LogP contribution is -2.30. The maximum absolute atomic E-state index is 12.9. The molecule has 0 fully saturated rings. The van der Waals surface area contributed by atoms with Crippen molar-refractivity contribution in [2.24, 2.45) is 0 Å². The van der Waals surface area contributed by atoms with Gasteiger partial charge in [-0.05, 0) is 58.2 Å². The third-order valence-electron chi connectivity index (χ3n) is 3.27. The fraction of sp³-hybridized carbons (Fsp3) is 0.235. The molecule has 0 unspecified atom stereocenters. The van der Waals surface area contributed by atoms with Gasteiger partial charge in [0, 0.05) is 6.54 Å². The van der Waals surface area contributed by atoms with E-state index in [1.54, 1.807) is 0 Å². The molecule has 8 heteroatoms. The number of halogens is 5. The van der Waals surface area contributed by atoms with Gasteiger partial charge >= 0.3 is 6.18 Å². The monoisotopic (exact) mass is 419 g/mol. The van der Waals surface area contributed by atoms with Crippen LogP contribution in [0.5, 0.6) is 5.75 Å². The Labute approximate surface area is 150 Å². The Balaban J connectivity index is 1.75. The van der Waals surface area contributed by atoms with E-state index in [1.165, 1.54) is 30.3 Å². The summed E-state index contributed by atoms with van der Waals surface area (Å²) in [5, 5.41) is 2.60. The molecule has 1 amide bonds. The molecule has 0 aliphatic rings. The molecule has 0 atom stereocenters. The zero-order valence-corrected chi connectivity index (χ0v) is 14.5. The predicted molar refractivity (Wildman–Crippen MR) is 87.8 cm³/mol. The first-order chi connectivity index (χ1) is 11.8. The average molecular weight is 420 g/mol. The maximum atomic E-state index is 12.9. The first kappa shape index (κ1) is 19.2. The van der Waals surface area contributed by atoms with Crippen LogP contribution >= 0.6 is 15.9 Å². The molecule has 0 heterocycles. The highest BCUT2D eigenvalue weighted by Crippen LogP contribution is 2.29. The lowest BCUT2D eigenvalue weighted by atomic mass is 10.1. The van der Waals surface area contributed by atoms with Gasteiger partial charge in [0.05, 0.1) is 10.0 Å². The van der Waals surface area contributed by atoms with Crippen molar-refractivity contribution in [1.29, 1.82) is 0 Å². The second-order valence-electron chi connectivity index (χ2n) is 5.16. The molecule has 2 aromatic rings. The van der Waals surface area contributed by atoms with E-state index >= 15 is 0 Å².